The number of likely N-dealkylation sites (tertiary alicyclic amines) is 1. The van der Waals surface area contributed by atoms with E-state index in [4.69, 9.17) is 4.74 Å². The predicted octanol–water partition coefficient (Wildman–Crippen LogP) is 3.71. The maximum atomic E-state index is 13.6. The number of fused-ring (bicyclic) bond motifs is 3. The molecule has 2 aliphatic carbocycles. The van der Waals surface area contributed by atoms with Crippen molar-refractivity contribution in [1.29, 1.82) is 0 Å². The molecule has 3 rings (SSSR count). The molecule has 0 N–H and O–H groups in total. The Hall–Kier alpha value is -1.53. The zero-order chi connectivity index (χ0) is 19.3. The van der Waals surface area contributed by atoms with Crippen molar-refractivity contribution in [3.63, 3.8) is 0 Å². The molecule has 1 saturated heterocycles. The first-order valence-electron chi connectivity index (χ1n) is 9.30. The predicted molar refractivity (Wildman–Crippen MR) is 89.0 cm³/mol. The lowest BCUT2D eigenvalue weighted by Crippen LogP contribution is -2.58. The quantitative estimate of drug-likeness (QED) is 0.548. The summed E-state index contributed by atoms with van der Waals surface area (Å²) in [5, 5.41) is 0. The highest BCUT2D eigenvalue weighted by Gasteiger charge is 2.58. The van der Waals surface area contributed by atoms with E-state index in [1.54, 1.807) is 24.9 Å². The van der Waals surface area contributed by atoms with Gasteiger partial charge in [0.15, 0.2) is 0 Å². The molecule has 0 aromatic rings. The fourth-order valence-corrected chi connectivity index (χ4v) is 5.42. The van der Waals surface area contributed by atoms with Gasteiger partial charge in [0.05, 0.1) is 18.4 Å². The van der Waals surface area contributed by atoms with Crippen molar-refractivity contribution in [3.05, 3.63) is 11.6 Å². The van der Waals surface area contributed by atoms with E-state index in [0.717, 1.165) is 5.57 Å². The topological polar surface area (TPSA) is 46.6 Å². The third kappa shape index (κ3) is 2.93. The van der Waals surface area contributed by atoms with Gasteiger partial charge in [0.2, 0.25) is 5.91 Å². The molecule has 0 bridgehead atoms. The lowest BCUT2D eigenvalue weighted by Gasteiger charge is -2.56. The fraction of sp³-hybridized carbons (Fsp3) is 0.789. The lowest BCUT2D eigenvalue weighted by atomic mass is 9.54. The van der Waals surface area contributed by atoms with Gasteiger partial charge in [-0.25, -0.2) is 0 Å². The number of alkyl halides is 3. The van der Waals surface area contributed by atoms with E-state index >= 15 is 0 Å². The second-order valence-electron chi connectivity index (χ2n) is 7.94. The van der Waals surface area contributed by atoms with Gasteiger partial charge in [-0.05, 0) is 38.5 Å². The van der Waals surface area contributed by atoms with E-state index in [1.165, 1.54) is 0 Å². The monoisotopic (exact) mass is 373 g/mol. The molecule has 3 aliphatic rings. The number of carbonyl (C=O) groups excluding carboxylic acids is 2. The van der Waals surface area contributed by atoms with Crippen LogP contribution in [0.4, 0.5) is 13.2 Å². The summed E-state index contributed by atoms with van der Waals surface area (Å²) in [5.41, 5.74) is 0.555. The van der Waals surface area contributed by atoms with Crippen LogP contribution in [0.25, 0.3) is 0 Å². The molecule has 5 atom stereocenters. The van der Waals surface area contributed by atoms with Gasteiger partial charge in [0.1, 0.15) is 0 Å². The van der Waals surface area contributed by atoms with Crippen molar-refractivity contribution in [2.45, 2.75) is 58.2 Å². The number of hydrogen-bond acceptors (Lipinski definition) is 3. The van der Waals surface area contributed by atoms with Crippen LogP contribution in [-0.2, 0) is 14.3 Å². The molecular weight excluding hydrogens is 347 g/mol. The van der Waals surface area contributed by atoms with Crippen LogP contribution in [0, 0.1) is 23.2 Å². The van der Waals surface area contributed by atoms with Crippen LogP contribution < -0.4 is 0 Å². The molecule has 2 fully saturated rings. The van der Waals surface area contributed by atoms with E-state index in [2.05, 4.69) is 0 Å². The molecule has 0 radical (unpaired) electrons. The Morgan fingerprint density at radius 1 is 1.38 bits per heavy atom. The van der Waals surface area contributed by atoms with E-state index < -0.39 is 29.9 Å². The van der Waals surface area contributed by atoms with Crippen LogP contribution in [0.3, 0.4) is 0 Å². The first-order valence-corrected chi connectivity index (χ1v) is 9.30. The zero-order valence-electron chi connectivity index (χ0n) is 15.4. The summed E-state index contributed by atoms with van der Waals surface area (Å²) < 4.78 is 45.8. The van der Waals surface area contributed by atoms with Crippen LogP contribution in [0.5, 0.6) is 0 Å². The Balaban J connectivity index is 2.00. The number of nitrogens with zero attached hydrogens (tertiary/aromatic N) is 1. The highest BCUT2D eigenvalue weighted by atomic mass is 19.4. The minimum atomic E-state index is -4.43. The summed E-state index contributed by atoms with van der Waals surface area (Å²) in [6.45, 7) is 3.72. The maximum Gasteiger partial charge on any atom is 0.392 e. The van der Waals surface area contributed by atoms with Gasteiger partial charge in [0.25, 0.3) is 0 Å². The largest absolute Gasteiger partial charge is 0.466 e. The molecule has 146 valence electrons. The minimum Gasteiger partial charge on any atom is -0.466 e. The first-order chi connectivity index (χ1) is 12.1. The van der Waals surface area contributed by atoms with Gasteiger partial charge in [-0.15, -0.1) is 0 Å². The standard InChI is InChI=1S/C19H26F3NO3/c1-4-26-17(25)16-11-5-8-14-18(2,10-9-15(24)23(14)3)12(11)6-7-13(16)19(20,21)22/h6,11,13-14,16H,4-5,7-10H2,1-3H3/t11?,13?,14?,16?,18-/m1/s1. The van der Waals surface area contributed by atoms with Gasteiger partial charge < -0.3 is 9.64 Å². The van der Waals surface area contributed by atoms with E-state index in [1.807, 2.05) is 6.92 Å². The third-order valence-electron chi connectivity index (χ3n) is 6.70. The summed E-state index contributed by atoms with van der Waals surface area (Å²) in [6.07, 6.45) is -0.833. The van der Waals surface area contributed by atoms with Crippen molar-refractivity contribution in [3.8, 4) is 0 Å². The van der Waals surface area contributed by atoms with Crippen LogP contribution in [0.2, 0.25) is 0 Å². The summed E-state index contributed by atoms with van der Waals surface area (Å²) >= 11 is 0. The van der Waals surface area contributed by atoms with E-state index in [9.17, 15) is 22.8 Å². The number of esters is 1. The van der Waals surface area contributed by atoms with E-state index in [-0.39, 0.29) is 30.4 Å². The molecule has 4 nitrogen and oxygen atoms in total. The number of rotatable bonds is 2. The highest BCUT2D eigenvalue weighted by molar-refractivity contribution is 5.78. The van der Waals surface area contributed by atoms with Crippen molar-refractivity contribution in [2.75, 3.05) is 13.7 Å². The van der Waals surface area contributed by atoms with Crippen molar-refractivity contribution < 1.29 is 27.5 Å². The number of ether oxygens (including phenoxy) is 1. The van der Waals surface area contributed by atoms with Crippen molar-refractivity contribution in [1.82, 2.24) is 4.90 Å². The number of amides is 1. The molecule has 4 unspecified atom stereocenters. The Kier molecular flexibility index (Phi) is 4.86. The number of hydrogen-bond donors (Lipinski definition) is 0. The number of piperidine rings is 1. The van der Waals surface area contributed by atoms with Crippen LogP contribution in [-0.4, -0.2) is 42.6 Å². The van der Waals surface area contributed by atoms with Crippen LogP contribution >= 0.6 is 0 Å². The molecule has 0 spiro atoms. The second-order valence-corrected chi connectivity index (χ2v) is 7.94. The number of allylic oxidation sites excluding steroid dienone is 1. The Labute approximate surface area is 151 Å². The lowest BCUT2D eigenvalue weighted by molar-refractivity contribution is -0.205. The molecule has 0 aromatic carbocycles. The molecule has 1 aliphatic heterocycles. The zero-order valence-corrected chi connectivity index (χ0v) is 15.4. The average molecular weight is 373 g/mol. The second kappa shape index (κ2) is 6.57. The number of carbonyl (C=O) groups is 2. The van der Waals surface area contributed by atoms with Gasteiger partial charge in [-0.3, -0.25) is 9.59 Å². The smallest absolute Gasteiger partial charge is 0.392 e. The highest BCUT2D eigenvalue weighted by Crippen LogP contribution is 2.57. The SMILES string of the molecule is CCOC(=O)C1C2CCC3N(C)C(=O)CC[C@]3(C)C2=CCC1C(F)(F)F. The Morgan fingerprint density at radius 2 is 2.08 bits per heavy atom. The Bertz CT molecular complexity index is 630. The molecular formula is C19H26F3NO3. The Morgan fingerprint density at radius 3 is 2.69 bits per heavy atom. The van der Waals surface area contributed by atoms with Gasteiger partial charge in [-0.1, -0.05) is 18.6 Å². The van der Waals surface area contributed by atoms with Crippen LogP contribution in [0.15, 0.2) is 11.6 Å². The summed E-state index contributed by atoms with van der Waals surface area (Å²) in [4.78, 5) is 26.3. The molecule has 1 saturated carbocycles. The molecule has 26 heavy (non-hydrogen) atoms. The molecule has 7 heteroatoms. The van der Waals surface area contributed by atoms with Crippen molar-refractivity contribution in [2.24, 2.45) is 23.2 Å². The summed E-state index contributed by atoms with van der Waals surface area (Å²) in [5.74, 6) is -4.00. The normalized spacial score (nSPS) is 37.5. The van der Waals surface area contributed by atoms with Crippen molar-refractivity contribution >= 4 is 11.9 Å². The van der Waals surface area contributed by atoms with E-state index in [0.29, 0.717) is 25.7 Å². The van der Waals surface area contributed by atoms with Gasteiger partial charge in [0, 0.05) is 24.9 Å². The molecule has 1 amide bonds. The number of halogens is 3. The van der Waals surface area contributed by atoms with Crippen LogP contribution in [0.1, 0.15) is 46.0 Å². The molecule has 1 heterocycles. The van der Waals surface area contributed by atoms with Gasteiger partial charge in [-0.2, -0.15) is 13.2 Å². The minimum absolute atomic E-state index is 0.0171. The molecule has 0 aromatic heterocycles. The fourth-order valence-electron chi connectivity index (χ4n) is 5.42. The third-order valence-corrected chi connectivity index (χ3v) is 6.70. The first kappa shape index (κ1) is 19.2. The average Bonchev–Trinajstić information content (AvgIpc) is 2.57. The maximum absolute atomic E-state index is 13.6. The van der Waals surface area contributed by atoms with Gasteiger partial charge >= 0.3 is 12.1 Å². The summed E-state index contributed by atoms with van der Waals surface area (Å²) in [7, 11) is 1.77. The summed E-state index contributed by atoms with van der Waals surface area (Å²) in [6, 6.07) is -0.0171.